The van der Waals surface area contributed by atoms with Crippen molar-refractivity contribution in [3.05, 3.63) is 47.3 Å². The first kappa shape index (κ1) is 15.6. The van der Waals surface area contributed by atoms with E-state index in [1.807, 2.05) is 29.1 Å². The number of rotatable bonds is 5. The van der Waals surface area contributed by atoms with Gasteiger partial charge in [0.25, 0.3) is 0 Å². The van der Waals surface area contributed by atoms with Gasteiger partial charge in [0.05, 0.1) is 19.9 Å². The lowest BCUT2D eigenvalue weighted by Crippen LogP contribution is -2.35. The first-order valence-electron chi connectivity index (χ1n) is 7.28. The van der Waals surface area contributed by atoms with Gasteiger partial charge in [0.1, 0.15) is 5.75 Å². The summed E-state index contributed by atoms with van der Waals surface area (Å²) in [5, 5.41) is 8.00. The van der Waals surface area contributed by atoms with Crippen molar-refractivity contribution in [1.82, 2.24) is 15.1 Å². The van der Waals surface area contributed by atoms with Gasteiger partial charge in [0, 0.05) is 23.3 Å². The fourth-order valence-electron chi connectivity index (χ4n) is 2.12. The number of nitrogens with one attached hydrogen (secondary N) is 1. The molecule has 1 aromatic heterocycles. The van der Waals surface area contributed by atoms with Gasteiger partial charge >= 0.3 is 0 Å². The zero-order chi connectivity index (χ0) is 15.5. The van der Waals surface area contributed by atoms with Crippen molar-refractivity contribution in [2.45, 2.75) is 46.3 Å². The maximum Gasteiger partial charge on any atom is 0.119 e. The Bertz CT molecular complexity index is 596. The van der Waals surface area contributed by atoms with Crippen molar-refractivity contribution < 1.29 is 4.74 Å². The van der Waals surface area contributed by atoms with E-state index in [4.69, 9.17) is 4.74 Å². The summed E-state index contributed by atoms with van der Waals surface area (Å²) in [6, 6.07) is 8.11. The van der Waals surface area contributed by atoms with Crippen LogP contribution in [0.5, 0.6) is 5.75 Å². The molecule has 1 heterocycles. The second-order valence-corrected chi connectivity index (χ2v) is 6.37. The highest BCUT2D eigenvalue weighted by atomic mass is 16.5. The van der Waals surface area contributed by atoms with Crippen molar-refractivity contribution in [2.75, 3.05) is 7.11 Å². The standard InChI is InChI=1S/C17H25N3O/c1-13-15(10-18-17(2,3)4)11-19-20(13)12-14-7-6-8-16(9-14)21-5/h6-9,11,18H,10,12H2,1-5H3. The molecule has 0 unspecified atom stereocenters. The molecule has 0 atom stereocenters. The van der Waals surface area contributed by atoms with E-state index in [1.54, 1.807) is 7.11 Å². The molecule has 0 saturated carbocycles. The molecule has 114 valence electrons. The Labute approximate surface area is 127 Å². The van der Waals surface area contributed by atoms with Crippen LogP contribution in [-0.2, 0) is 13.1 Å². The van der Waals surface area contributed by atoms with Gasteiger partial charge in [0.2, 0.25) is 0 Å². The predicted octanol–water partition coefficient (Wildman–Crippen LogP) is 3.14. The summed E-state index contributed by atoms with van der Waals surface area (Å²) < 4.78 is 7.30. The highest BCUT2D eigenvalue weighted by Crippen LogP contribution is 2.15. The highest BCUT2D eigenvalue weighted by Gasteiger charge is 2.12. The van der Waals surface area contributed by atoms with Crippen LogP contribution in [0.15, 0.2) is 30.5 Å². The van der Waals surface area contributed by atoms with Gasteiger partial charge in [-0.3, -0.25) is 4.68 Å². The molecule has 0 saturated heterocycles. The van der Waals surface area contributed by atoms with Gasteiger partial charge in [-0.05, 0) is 45.4 Å². The lowest BCUT2D eigenvalue weighted by Gasteiger charge is -2.20. The molecule has 4 nitrogen and oxygen atoms in total. The van der Waals surface area contributed by atoms with Crippen molar-refractivity contribution in [1.29, 1.82) is 0 Å². The molecule has 0 radical (unpaired) electrons. The van der Waals surface area contributed by atoms with Gasteiger partial charge in [0.15, 0.2) is 0 Å². The molecule has 0 aliphatic carbocycles. The molecular weight excluding hydrogens is 262 g/mol. The Morgan fingerprint density at radius 2 is 2.05 bits per heavy atom. The number of nitrogens with zero attached hydrogens (tertiary/aromatic N) is 2. The molecule has 2 rings (SSSR count). The summed E-state index contributed by atoms with van der Waals surface area (Å²) in [6.45, 7) is 10.2. The number of hydrogen-bond acceptors (Lipinski definition) is 3. The van der Waals surface area contributed by atoms with Gasteiger partial charge in [-0.1, -0.05) is 12.1 Å². The highest BCUT2D eigenvalue weighted by molar-refractivity contribution is 5.29. The van der Waals surface area contributed by atoms with Gasteiger partial charge in [-0.2, -0.15) is 5.10 Å². The van der Waals surface area contributed by atoms with Crippen molar-refractivity contribution in [3.63, 3.8) is 0 Å². The molecule has 0 aliphatic rings. The molecule has 4 heteroatoms. The minimum Gasteiger partial charge on any atom is -0.497 e. The third-order valence-electron chi connectivity index (χ3n) is 3.48. The number of ether oxygens (including phenoxy) is 1. The van der Waals surface area contributed by atoms with E-state index in [1.165, 1.54) is 16.8 Å². The van der Waals surface area contributed by atoms with Crippen LogP contribution in [0.25, 0.3) is 0 Å². The molecule has 0 amide bonds. The molecule has 1 aromatic carbocycles. The predicted molar refractivity (Wildman–Crippen MR) is 85.7 cm³/mol. The minimum atomic E-state index is 0.112. The first-order valence-corrected chi connectivity index (χ1v) is 7.28. The SMILES string of the molecule is COc1cccc(Cn2ncc(CNC(C)(C)C)c2C)c1. The maximum atomic E-state index is 5.26. The van der Waals surface area contributed by atoms with Crippen LogP contribution < -0.4 is 10.1 Å². The van der Waals surface area contributed by atoms with E-state index in [9.17, 15) is 0 Å². The van der Waals surface area contributed by atoms with Crippen LogP contribution in [0, 0.1) is 6.92 Å². The van der Waals surface area contributed by atoms with Gasteiger partial charge in [-0.25, -0.2) is 0 Å². The largest absolute Gasteiger partial charge is 0.497 e. The third-order valence-corrected chi connectivity index (χ3v) is 3.48. The molecule has 0 spiro atoms. The van der Waals surface area contributed by atoms with Crippen LogP contribution in [0.3, 0.4) is 0 Å². The normalized spacial score (nSPS) is 11.7. The Balaban J connectivity index is 2.09. The summed E-state index contributed by atoms with van der Waals surface area (Å²) in [5.74, 6) is 0.881. The summed E-state index contributed by atoms with van der Waals surface area (Å²) in [4.78, 5) is 0. The molecule has 0 fully saturated rings. The second kappa shape index (κ2) is 6.31. The Morgan fingerprint density at radius 1 is 1.29 bits per heavy atom. The molecule has 1 N–H and O–H groups in total. The maximum absolute atomic E-state index is 5.26. The zero-order valence-corrected chi connectivity index (χ0v) is 13.6. The third kappa shape index (κ3) is 4.33. The minimum absolute atomic E-state index is 0.112. The fourth-order valence-corrected chi connectivity index (χ4v) is 2.12. The second-order valence-electron chi connectivity index (χ2n) is 6.37. The molecular formula is C17H25N3O. The van der Waals surface area contributed by atoms with Gasteiger partial charge < -0.3 is 10.1 Å². The Hall–Kier alpha value is -1.81. The van der Waals surface area contributed by atoms with E-state index < -0.39 is 0 Å². The van der Waals surface area contributed by atoms with E-state index in [2.05, 4.69) is 44.2 Å². The number of methoxy groups -OCH3 is 1. The van der Waals surface area contributed by atoms with E-state index >= 15 is 0 Å². The Morgan fingerprint density at radius 3 is 2.71 bits per heavy atom. The number of aromatic nitrogens is 2. The zero-order valence-electron chi connectivity index (χ0n) is 13.6. The van der Waals surface area contributed by atoms with Crippen molar-refractivity contribution >= 4 is 0 Å². The van der Waals surface area contributed by atoms with Gasteiger partial charge in [-0.15, -0.1) is 0 Å². The monoisotopic (exact) mass is 287 g/mol. The van der Waals surface area contributed by atoms with Crippen molar-refractivity contribution in [2.24, 2.45) is 0 Å². The fraction of sp³-hybridized carbons (Fsp3) is 0.471. The number of hydrogen-bond donors (Lipinski definition) is 1. The lowest BCUT2D eigenvalue weighted by molar-refractivity contribution is 0.414. The van der Waals surface area contributed by atoms with E-state index in [0.717, 1.165) is 18.8 Å². The molecule has 0 bridgehead atoms. The quantitative estimate of drug-likeness (QED) is 0.918. The molecule has 2 aromatic rings. The Kier molecular flexibility index (Phi) is 4.68. The molecule has 21 heavy (non-hydrogen) atoms. The van der Waals surface area contributed by atoms with E-state index in [-0.39, 0.29) is 5.54 Å². The summed E-state index contributed by atoms with van der Waals surface area (Å²) >= 11 is 0. The lowest BCUT2D eigenvalue weighted by atomic mass is 10.1. The van der Waals surface area contributed by atoms with Crippen LogP contribution >= 0.6 is 0 Å². The molecule has 0 aliphatic heterocycles. The number of benzene rings is 1. The average molecular weight is 287 g/mol. The first-order chi connectivity index (χ1) is 9.89. The van der Waals surface area contributed by atoms with E-state index in [0.29, 0.717) is 0 Å². The smallest absolute Gasteiger partial charge is 0.119 e. The summed E-state index contributed by atoms with van der Waals surface area (Å²) in [6.07, 6.45) is 1.95. The summed E-state index contributed by atoms with van der Waals surface area (Å²) in [5.41, 5.74) is 3.75. The van der Waals surface area contributed by atoms with Crippen LogP contribution in [0.1, 0.15) is 37.6 Å². The van der Waals surface area contributed by atoms with Crippen LogP contribution in [0.2, 0.25) is 0 Å². The topological polar surface area (TPSA) is 39.1 Å². The van der Waals surface area contributed by atoms with Crippen molar-refractivity contribution in [3.8, 4) is 5.75 Å². The average Bonchev–Trinajstić information content (AvgIpc) is 2.77. The van der Waals surface area contributed by atoms with Crippen LogP contribution in [-0.4, -0.2) is 22.4 Å². The van der Waals surface area contributed by atoms with Crippen LogP contribution in [0.4, 0.5) is 0 Å². The summed E-state index contributed by atoms with van der Waals surface area (Å²) in [7, 11) is 1.69.